The van der Waals surface area contributed by atoms with Crippen molar-refractivity contribution in [3.8, 4) is 0 Å². The summed E-state index contributed by atoms with van der Waals surface area (Å²) in [6.07, 6.45) is 11.1. The van der Waals surface area contributed by atoms with Gasteiger partial charge >= 0.3 is 0 Å². The summed E-state index contributed by atoms with van der Waals surface area (Å²) in [6.45, 7) is 11.4. The maximum Gasteiger partial charge on any atom is 0.237 e. The molecule has 0 heterocycles. The zero-order valence-corrected chi connectivity index (χ0v) is 14.9. The van der Waals surface area contributed by atoms with Crippen molar-refractivity contribution in [2.75, 3.05) is 19.6 Å². The van der Waals surface area contributed by atoms with Gasteiger partial charge in [0, 0.05) is 6.54 Å². The van der Waals surface area contributed by atoms with Gasteiger partial charge in [-0.2, -0.15) is 0 Å². The SMILES string of the molecule is CCCCCCCCCNC(=O)C(CCC)N(CC)CC. The zero-order chi connectivity index (χ0) is 15.9. The highest BCUT2D eigenvalue weighted by atomic mass is 16.2. The van der Waals surface area contributed by atoms with Crippen LogP contribution in [0.2, 0.25) is 0 Å². The van der Waals surface area contributed by atoms with Crippen molar-refractivity contribution in [2.45, 2.75) is 91.5 Å². The summed E-state index contributed by atoms with van der Waals surface area (Å²) in [5.74, 6) is 0.228. The summed E-state index contributed by atoms with van der Waals surface area (Å²) in [6, 6.07) is 0.0644. The van der Waals surface area contributed by atoms with E-state index in [1.54, 1.807) is 0 Å². The average molecular weight is 299 g/mol. The standard InChI is InChI=1S/C18H38N2O/c1-5-9-10-11-12-13-14-16-19-18(21)17(15-6-2)20(7-3)8-4/h17H,5-16H2,1-4H3,(H,19,21). The third-order valence-corrected chi connectivity index (χ3v) is 4.20. The number of nitrogens with one attached hydrogen (secondary N) is 1. The van der Waals surface area contributed by atoms with Crippen LogP contribution in [-0.2, 0) is 4.79 Å². The summed E-state index contributed by atoms with van der Waals surface area (Å²) in [5, 5.41) is 3.14. The average Bonchev–Trinajstić information content (AvgIpc) is 2.50. The van der Waals surface area contributed by atoms with Gasteiger partial charge < -0.3 is 5.32 Å². The fourth-order valence-corrected chi connectivity index (χ4v) is 2.83. The third-order valence-electron chi connectivity index (χ3n) is 4.20. The van der Waals surface area contributed by atoms with Crippen molar-refractivity contribution < 1.29 is 4.79 Å². The first-order chi connectivity index (χ1) is 10.2. The lowest BCUT2D eigenvalue weighted by molar-refractivity contribution is -0.126. The van der Waals surface area contributed by atoms with Crippen LogP contribution in [0.4, 0.5) is 0 Å². The molecule has 1 atom stereocenters. The van der Waals surface area contributed by atoms with E-state index in [0.29, 0.717) is 0 Å². The predicted molar refractivity (Wildman–Crippen MR) is 92.6 cm³/mol. The van der Waals surface area contributed by atoms with Gasteiger partial charge in [0.1, 0.15) is 0 Å². The summed E-state index contributed by atoms with van der Waals surface area (Å²) in [4.78, 5) is 14.6. The lowest BCUT2D eigenvalue weighted by Crippen LogP contribution is -2.47. The van der Waals surface area contributed by atoms with Crippen LogP contribution in [0.15, 0.2) is 0 Å². The minimum atomic E-state index is 0.0644. The van der Waals surface area contributed by atoms with Crippen LogP contribution < -0.4 is 5.32 Å². The Labute approximate surface area is 132 Å². The van der Waals surface area contributed by atoms with Crippen molar-refractivity contribution in [3.05, 3.63) is 0 Å². The topological polar surface area (TPSA) is 32.3 Å². The molecule has 126 valence electrons. The van der Waals surface area contributed by atoms with Gasteiger partial charge in [0.25, 0.3) is 0 Å². The molecule has 0 aromatic carbocycles. The molecule has 0 aromatic rings. The maximum atomic E-state index is 12.3. The van der Waals surface area contributed by atoms with Gasteiger partial charge in [-0.1, -0.05) is 72.6 Å². The Kier molecular flexibility index (Phi) is 14.0. The number of amides is 1. The van der Waals surface area contributed by atoms with Crippen molar-refractivity contribution in [1.29, 1.82) is 0 Å². The largest absolute Gasteiger partial charge is 0.355 e. The monoisotopic (exact) mass is 298 g/mol. The van der Waals surface area contributed by atoms with Crippen LogP contribution in [0, 0.1) is 0 Å². The van der Waals surface area contributed by atoms with E-state index in [-0.39, 0.29) is 11.9 Å². The zero-order valence-electron chi connectivity index (χ0n) is 14.9. The fourth-order valence-electron chi connectivity index (χ4n) is 2.83. The summed E-state index contributed by atoms with van der Waals surface area (Å²) >= 11 is 0. The molecule has 3 heteroatoms. The number of rotatable bonds is 14. The summed E-state index contributed by atoms with van der Waals surface area (Å²) in [7, 11) is 0. The predicted octanol–water partition coefficient (Wildman–Crippen LogP) is 4.36. The summed E-state index contributed by atoms with van der Waals surface area (Å²) < 4.78 is 0. The normalized spacial score (nSPS) is 12.6. The summed E-state index contributed by atoms with van der Waals surface area (Å²) in [5.41, 5.74) is 0. The molecule has 0 bridgehead atoms. The van der Waals surface area contributed by atoms with Crippen molar-refractivity contribution >= 4 is 5.91 Å². The minimum Gasteiger partial charge on any atom is -0.355 e. The van der Waals surface area contributed by atoms with E-state index in [4.69, 9.17) is 0 Å². The molecule has 0 saturated heterocycles. The van der Waals surface area contributed by atoms with Gasteiger partial charge in [-0.25, -0.2) is 0 Å². The van der Waals surface area contributed by atoms with Gasteiger partial charge in [-0.05, 0) is 25.9 Å². The first kappa shape index (κ1) is 20.4. The second-order valence-electron chi connectivity index (χ2n) is 5.94. The Morgan fingerprint density at radius 1 is 0.857 bits per heavy atom. The maximum absolute atomic E-state index is 12.3. The van der Waals surface area contributed by atoms with Crippen LogP contribution in [0.3, 0.4) is 0 Å². The lowest BCUT2D eigenvalue weighted by Gasteiger charge is -2.28. The van der Waals surface area contributed by atoms with E-state index in [2.05, 4.69) is 37.9 Å². The van der Waals surface area contributed by atoms with Crippen LogP contribution in [-0.4, -0.2) is 36.5 Å². The van der Waals surface area contributed by atoms with Crippen molar-refractivity contribution in [2.24, 2.45) is 0 Å². The van der Waals surface area contributed by atoms with Gasteiger partial charge in [0.05, 0.1) is 6.04 Å². The van der Waals surface area contributed by atoms with Gasteiger partial charge in [0.15, 0.2) is 0 Å². The van der Waals surface area contributed by atoms with Crippen LogP contribution in [0.5, 0.6) is 0 Å². The Balaban J connectivity index is 3.82. The molecule has 0 fully saturated rings. The van der Waals surface area contributed by atoms with Crippen molar-refractivity contribution in [1.82, 2.24) is 10.2 Å². The molecule has 0 spiro atoms. The third kappa shape index (κ3) is 9.89. The second-order valence-corrected chi connectivity index (χ2v) is 5.94. The molecular formula is C18H38N2O. The van der Waals surface area contributed by atoms with Crippen molar-refractivity contribution in [3.63, 3.8) is 0 Å². The number of nitrogens with zero attached hydrogens (tertiary/aromatic N) is 1. The van der Waals surface area contributed by atoms with Crippen LogP contribution >= 0.6 is 0 Å². The molecular weight excluding hydrogens is 260 g/mol. The van der Waals surface area contributed by atoms with Gasteiger partial charge in [-0.15, -0.1) is 0 Å². The number of unbranched alkanes of at least 4 members (excludes halogenated alkanes) is 6. The Morgan fingerprint density at radius 3 is 1.95 bits per heavy atom. The van der Waals surface area contributed by atoms with Crippen LogP contribution in [0.1, 0.15) is 85.5 Å². The highest BCUT2D eigenvalue weighted by Gasteiger charge is 2.22. The molecule has 1 amide bonds. The number of carbonyl (C=O) groups excluding carboxylic acids is 1. The van der Waals surface area contributed by atoms with Gasteiger partial charge in [-0.3, -0.25) is 9.69 Å². The van der Waals surface area contributed by atoms with E-state index in [1.807, 2.05) is 0 Å². The molecule has 0 aromatic heterocycles. The molecule has 0 aliphatic rings. The highest BCUT2D eigenvalue weighted by Crippen LogP contribution is 2.08. The van der Waals surface area contributed by atoms with E-state index in [1.165, 1.54) is 38.5 Å². The Hall–Kier alpha value is -0.570. The molecule has 0 aliphatic heterocycles. The first-order valence-corrected chi connectivity index (χ1v) is 9.22. The number of hydrogen-bond acceptors (Lipinski definition) is 2. The fraction of sp³-hybridized carbons (Fsp3) is 0.944. The molecule has 0 aliphatic carbocycles. The van der Waals surface area contributed by atoms with Gasteiger partial charge in [0.2, 0.25) is 5.91 Å². The molecule has 3 nitrogen and oxygen atoms in total. The smallest absolute Gasteiger partial charge is 0.237 e. The molecule has 1 unspecified atom stereocenters. The van der Waals surface area contributed by atoms with E-state index < -0.39 is 0 Å². The number of carbonyl (C=O) groups is 1. The second kappa shape index (κ2) is 14.4. The lowest BCUT2D eigenvalue weighted by atomic mass is 10.1. The Morgan fingerprint density at radius 2 is 1.43 bits per heavy atom. The van der Waals surface area contributed by atoms with Crippen LogP contribution in [0.25, 0.3) is 0 Å². The molecule has 1 N–H and O–H groups in total. The number of hydrogen-bond donors (Lipinski definition) is 1. The van der Waals surface area contributed by atoms with E-state index >= 15 is 0 Å². The minimum absolute atomic E-state index is 0.0644. The molecule has 0 saturated carbocycles. The van der Waals surface area contributed by atoms with E-state index in [0.717, 1.165) is 38.9 Å². The highest BCUT2D eigenvalue weighted by molar-refractivity contribution is 5.81. The Bertz CT molecular complexity index is 239. The molecule has 0 radical (unpaired) electrons. The molecule has 0 rings (SSSR count). The number of likely N-dealkylation sites (N-methyl/N-ethyl adjacent to an activating group) is 1. The van der Waals surface area contributed by atoms with E-state index in [9.17, 15) is 4.79 Å². The molecule has 21 heavy (non-hydrogen) atoms. The first-order valence-electron chi connectivity index (χ1n) is 9.22. The quantitative estimate of drug-likeness (QED) is 0.483.